The van der Waals surface area contributed by atoms with Gasteiger partial charge in [-0.25, -0.2) is 0 Å². The fourth-order valence-corrected chi connectivity index (χ4v) is 13.9. The van der Waals surface area contributed by atoms with Crippen molar-refractivity contribution in [1.29, 1.82) is 0 Å². The van der Waals surface area contributed by atoms with Gasteiger partial charge in [-0.05, 0) is 82.9 Å². The summed E-state index contributed by atoms with van der Waals surface area (Å²) in [6, 6.07) is 111. The Morgan fingerprint density at radius 3 is 0.915 bits per heavy atom. The number of fused-ring (bicyclic) bond motifs is 12. The first kappa shape index (κ1) is 46.0. The van der Waals surface area contributed by atoms with Crippen molar-refractivity contribution in [2.45, 2.75) is 0 Å². The van der Waals surface area contributed by atoms with E-state index >= 15 is 0 Å². The highest BCUT2D eigenvalue weighted by molar-refractivity contribution is 6.39. The Kier molecular flexibility index (Phi) is 10.3. The van der Waals surface area contributed by atoms with Crippen molar-refractivity contribution in [2.75, 3.05) is 9.80 Å². The van der Waals surface area contributed by atoms with Crippen molar-refractivity contribution in [3.8, 4) is 44.5 Å². The largest absolute Gasteiger partial charge is 0.309 e. The second-order valence-electron chi connectivity index (χ2n) is 21.5. The van der Waals surface area contributed by atoms with Gasteiger partial charge in [0.1, 0.15) is 0 Å². The molecule has 0 fully saturated rings. The van der Waals surface area contributed by atoms with Gasteiger partial charge in [0.2, 0.25) is 0 Å². The van der Waals surface area contributed by atoms with Gasteiger partial charge >= 0.3 is 0 Å². The number of nitrogens with zero attached hydrogens (tertiary/aromatic N) is 4. The quantitative estimate of drug-likeness (QED) is 0.136. The van der Waals surface area contributed by atoms with E-state index < -0.39 is 0 Å². The Hall–Kier alpha value is -10.9. The molecule has 0 bridgehead atoms. The Morgan fingerprint density at radius 2 is 0.524 bits per heavy atom. The van der Waals surface area contributed by atoms with Crippen molar-refractivity contribution < 1.29 is 0 Å². The van der Waals surface area contributed by atoms with Crippen molar-refractivity contribution >= 4 is 110 Å². The summed E-state index contributed by atoms with van der Waals surface area (Å²) >= 11 is 0. The Morgan fingerprint density at radius 1 is 0.207 bits per heavy atom. The number of anilines is 6. The summed E-state index contributed by atoms with van der Waals surface area (Å²) in [5.41, 5.74) is 23.3. The van der Waals surface area contributed by atoms with E-state index in [-0.39, 0.29) is 0 Å². The third-order valence-electron chi connectivity index (χ3n) is 17.1. The van der Waals surface area contributed by atoms with E-state index in [2.05, 4.69) is 322 Å². The Labute approximate surface area is 474 Å². The van der Waals surface area contributed by atoms with E-state index in [9.17, 15) is 0 Å². The highest BCUT2D eigenvalue weighted by atomic mass is 15.2. The van der Waals surface area contributed by atoms with Gasteiger partial charge in [-0.3, -0.25) is 0 Å². The van der Waals surface area contributed by atoms with Crippen LogP contribution in [0.3, 0.4) is 0 Å². The molecule has 0 saturated heterocycles. The molecule has 0 atom stereocenters. The van der Waals surface area contributed by atoms with Gasteiger partial charge in [0.05, 0.1) is 55.8 Å². The number of rotatable bonds is 10. The molecule has 0 radical (unpaired) electrons. The number of para-hydroxylation sites is 6. The van der Waals surface area contributed by atoms with E-state index in [0.29, 0.717) is 0 Å². The second kappa shape index (κ2) is 18.3. The number of benzene rings is 13. The summed E-state index contributed by atoms with van der Waals surface area (Å²) in [5.74, 6) is 0. The summed E-state index contributed by atoms with van der Waals surface area (Å²) < 4.78 is 5.27. The van der Waals surface area contributed by atoms with Gasteiger partial charge in [0.25, 0.3) is 0 Å². The van der Waals surface area contributed by atoms with E-state index in [1.54, 1.807) is 0 Å². The fraction of sp³-hybridized carbons (Fsp3) is 0. The molecule has 0 aliphatic heterocycles. The maximum atomic E-state index is 2.63. The summed E-state index contributed by atoms with van der Waals surface area (Å²) in [6.07, 6.45) is 0. The highest BCUT2D eigenvalue weighted by Crippen LogP contribution is 2.57. The normalized spacial score (nSPS) is 11.9. The number of hydrogen-bond acceptors (Lipinski definition) is 2. The minimum atomic E-state index is 1.09. The van der Waals surface area contributed by atoms with Gasteiger partial charge in [0, 0.05) is 76.7 Å². The van der Waals surface area contributed by atoms with E-state index in [1.165, 1.54) is 121 Å². The lowest BCUT2D eigenvalue weighted by atomic mass is 9.89. The van der Waals surface area contributed by atoms with Crippen LogP contribution in [0.25, 0.3) is 121 Å². The fourth-order valence-electron chi connectivity index (χ4n) is 13.9. The van der Waals surface area contributed by atoms with Crippen LogP contribution in [0.4, 0.5) is 34.1 Å². The Balaban J connectivity index is 1.06. The van der Waals surface area contributed by atoms with E-state index in [0.717, 1.165) is 34.1 Å². The average Bonchev–Trinajstić information content (AvgIpc) is 2.67. The zero-order valence-corrected chi connectivity index (χ0v) is 44.7. The molecule has 0 spiro atoms. The summed E-state index contributed by atoms with van der Waals surface area (Å²) in [6.45, 7) is 0. The first-order valence-electron chi connectivity index (χ1n) is 28.3. The van der Waals surface area contributed by atoms with Crippen LogP contribution in [0.15, 0.2) is 303 Å². The lowest BCUT2D eigenvalue weighted by molar-refractivity contribution is 1.30. The Bertz CT molecular complexity index is 4910. The van der Waals surface area contributed by atoms with Crippen LogP contribution in [-0.4, -0.2) is 8.80 Å². The van der Waals surface area contributed by atoms with Crippen LogP contribution >= 0.6 is 0 Å². The van der Waals surface area contributed by atoms with E-state index in [4.69, 9.17) is 0 Å². The van der Waals surface area contributed by atoms with Crippen LogP contribution < -0.4 is 9.80 Å². The molecule has 4 aromatic heterocycles. The van der Waals surface area contributed by atoms with Crippen LogP contribution in [0.5, 0.6) is 0 Å². The molecule has 4 heterocycles. The molecule has 82 heavy (non-hydrogen) atoms. The van der Waals surface area contributed by atoms with Gasteiger partial charge in [0.15, 0.2) is 0 Å². The first-order chi connectivity index (χ1) is 40.8. The molecule has 0 aliphatic carbocycles. The summed E-state index contributed by atoms with van der Waals surface area (Å²) in [7, 11) is 0. The molecule has 4 nitrogen and oxygen atoms in total. The van der Waals surface area contributed by atoms with Gasteiger partial charge in [-0.15, -0.1) is 0 Å². The molecule has 0 N–H and O–H groups in total. The molecule has 17 rings (SSSR count). The minimum absolute atomic E-state index is 1.09. The second-order valence-corrected chi connectivity index (χ2v) is 21.5. The molecular formula is C78H50N4. The predicted octanol–water partition coefficient (Wildman–Crippen LogP) is 21.6. The van der Waals surface area contributed by atoms with Crippen LogP contribution in [0.2, 0.25) is 0 Å². The van der Waals surface area contributed by atoms with Crippen molar-refractivity contribution in [3.63, 3.8) is 0 Å². The van der Waals surface area contributed by atoms with E-state index in [1.807, 2.05) is 0 Å². The van der Waals surface area contributed by atoms with Crippen molar-refractivity contribution in [2.24, 2.45) is 0 Å². The molecule has 0 amide bonds. The molecule has 13 aromatic carbocycles. The third-order valence-corrected chi connectivity index (χ3v) is 17.1. The van der Waals surface area contributed by atoms with Gasteiger partial charge in [-0.1, -0.05) is 243 Å². The molecular weight excluding hydrogens is 993 g/mol. The number of aromatic nitrogens is 2. The van der Waals surface area contributed by atoms with Crippen LogP contribution in [0, 0.1) is 0 Å². The lowest BCUT2D eigenvalue weighted by Gasteiger charge is -2.28. The number of hydrogen-bond donors (Lipinski definition) is 0. The monoisotopic (exact) mass is 1040 g/mol. The first-order valence-corrected chi connectivity index (χ1v) is 28.3. The summed E-state index contributed by atoms with van der Waals surface area (Å²) in [4.78, 5) is 4.98. The highest BCUT2D eigenvalue weighted by Gasteiger charge is 2.34. The molecule has 0 aliphatic rings. The van der Waals surface area contributed by atoms with Crippen LogP contribution in [0.1, 0.15) is 0 Å². The topological polar surface area (TPSA) is 15.3 Å². The van der Waals surface area contributed by atoms with Crippen molar-refractivity contribution in [1.82, 2.24) is 8.80 Å². The summed E-state index contributed by atoms with van der Waals surface area (Å²) in [5, 5.41) is 9.74. The average molecular weight is 1040 g/mol. The standard InChI is InChI=1S/C78H50N4/c1-7-27-51(28-8-1)57-39-19-23-43-63(57)79(55-35-15-5-16-36-55)67-49-47-61-73-69(53-31-11-3-12-32-53)78-74(70(54-33-13-4-14-34-54)77(73)81-65-45-25-21-41-59(65)71(67)75(61)81)62-48-50-68(72-60-42-22-26-46-66(60)82(78)76(62)72)80(56-37-17-6-18-38-56)64-44-24-20-40-58(64)52-29-9-2-10-30-52/h1-50H. The molecule has 17 aromatic rings. The third kappa shape index (κ3) is 6.67. The van der Waals surface area contributed by atoms with Crippen LogP contribution in [-0.2, 0) is 0 Å². The predicted molar refractivity (Wildman–Crippen MR) is 347 cm³/mol. The zero-order valence-electron chi connectivity index (χ0n) is 44.7. The smallest absolute Gasteiger partial charge is 0.0642 e. The maximum Gasteiger partial charge on any atom is 0.0642 e. The molecule has 4 heteroatoms. The minimum Gasteiger partial charge on any atom is -0.309 e. The van der Waals surface area contributed by atoms with Gasteiger partial charge in [-0.2, -0.15) is 0 Å². The maximum absolute atomic E-state index is 2.63. The van der Waals surface area contributed by atoms with Crippen molar-refractivity contribution in [3.05, 3.63) is 303 Å². The lowest BCUT2D eigenvalue weighted by Crippen LogP contribution is -2.11. The molecule has 382 valence electrons. The van der Waals surface area contributed by atoms with Gasteiger partial charge < -0.3 is 18.6 Å². The SMILES string of the molecule is c1ccc(-c2ccccc2N(c2ccccc2)c2ccc3c4c(-c5ccccc5)c5c(c(-c6ccccc6)c4n4c6ccccc6c2c34)c2ccc(N(c3ccccc3)c3ccccc3-c3ccccc3)c3c4ccccc4n5c23)cc1. The molecule has 0 saturated carbocycles. The molecule has 0 unspecified atom stereocenters. The zero-order chi connectivity index (χ0) is 53.8.